The van der Waals surface area contributed by atoms with E-state index in [9.17, 15) is 9.59 Å². The van der Waals surface area contributed by atoms with Crippen LogP contribution in [0.15, 0.2) is 60.7 Å². The molecule has 0 spiro atoms. The average molecular weight is 481 g/mol. The van der Waals surface area contributed by atoms with E-state index in [-0.39, 0.29) is 29.7 Å². The minimum absolute atomic E-state index is 0.0263. The van der Waals surface area contributed by atoms with E-state index in [1.807, 2.05) is 89.2 Å². The lowest BCUT2D eigenvalue weighted by atomic mass is 9.91. The van der Waals surface area contributed by atoms with E-state index in [0.29, 0.717) is 35.2 Å². The molecule has 2 aromatic carbocycles. The van der Waals surface area contributed by atoms with Crippen molar-refractivity contribution in [1.29, 1.82) is 0 Å². The highest BCUT2D eigenvalue weighted by atomic mass is 35.5. The van der Waals surface area contributed by atoms with Crippen molar-refractivity contribution < 1.29 is 9.59 Å². The second-order valence-corrected chi connectivity index (χ2v) is 10.5. The number of hydrogen-bond acceptors (Lipinski definition) is 3. The van der Waals surface area contributed by atoms with Crippen LogP contribution in [-0.4, -0.2) is 39.6 Å². The molecule has 2 amide bonds. The van der Waals surface area contributed by atoms with Gasteiger partial charge in [0.2, 0.25) is 11.8 Å². The van der Waals surface area contributed by atoms with Crippen molar-refractivity contribution in [3.8, 4) is 16.9 Å². The summed E-state index contributed by atoms with van der Waals surface area (Å²) in [5, 5.41) is 8.19. The molecule has 0 radical (unpaired) electrons. The summed E-state index contributed by atoms with van der Waals surface area (Å²) in [7, 11) is 0. The molecule has 1 aromatic heterocycles. The van der Waals surface area contributed by atoms with Crippen LogP contribution in [0, 0.1) is 11.3 Å². The Labute approximate surface area is 206 Å². The summed E-state index contributed by atoms with van der Waals surface area (Å²) >= 11 is 6.44. The Morgan fingerprint density at radius 3 is 2.32 bits per heavy atom. The van der Waals surface area contributed by atoms with Gasteiger partial charge in [-0.05, 0) is 23.5 Å². The first-order chi connectivity index (χ1) is 16.0. The minimum atomic E-state index is -0.282. The number of para-hydroxylation sites is 1. The van der Waals surface area contributed by atoms with Crippen molar-refractivity contribution in [3.05, 3.63) is 65.7 Å². The molecule has 0 aliphatic heterocycles. The molecule has 0 aliphatic rings. The lowest BCUT2D eigenvalue weighted by molar-refractivity contribution is -0.136. The van der Waals surface area contributed by atoms with Gasteiger partial charge in [0.25, 0.3) is 0 Å². The standard InChI is InChI=1S/C27H33ClN4O2/c1-19(2)17-31(26(34)16-27(3,4)5)18-25(33)29-24-15-22(20-11-7-6-8-12-20)30-32(24)23-14-10-9-13-21(23)28/h6-15,19H,16-18H2,1-5H3,(H,29,33). The van der Waals surface area contributed by atoms with Gasteiger partial charge in [0.1, 0.15) is 5.82 Å². The summed E-state index contributed by atoms with van der Waals surface area (Å²) in [6.07, 6.45) is 0.378. The number of halogens is 1. The molecule has 180 valence electrons. The van der Waals surface area contributed by atoms with Crippen LogP contribution in [-0.2, 0) is 9.59 Å². The average Bonchev–Trinajstić information content (AvgIpc) is 3.16. The van der Waals surface area contributed by atoms with Crippen LogP contribution >= 0.6 is 11.6 Å². The molecular formula is C27H33ClN4O2. The van der Waals surface area contributed by atoms with Crippen LogP contribution in [0.25, 0.3) is 16.9 Å². The fraction of sp³-hybridized carbons (Fsp3) is 0.370. The first-order valence-electron chi connectivity index (χ1n) is 11.5. The highest BCUT2D eigenvalue weighted by molar-refractivity contribution is 6.32. The normalized spacial score (nSPS) is 11.5. The number of anilines is 1. The molecule has 0 unspecified atom stereocenters. The van der Waals surface area contributed by atoms with E-state index in [1.54, 1.807) is 15.6 Å². The fourth-order valence-corrected chi connectivity index (χ4v) is 3.86. The van der Waals surface area contributed by atoms with Gasteiger partial charge in [0.05, 0.1) is 22.9 Å². The molecule has 7 heteroatoms. The summed E-state index contributed by atoms with van der Waals surface area (Å²) in [5.74, 6) is 0.427. The van der Waals surface area contributed by atoms with Crippen LogP contribution < -0.4 is 5.32 Å². The Morgan fingerprint density at radius 1 is 1.06 bits per heavy atom. The molecule has 0 atom stereocenters. The van der Waals surface area contributed by atoms with Crippen molar-refractivity contribution in [2.75, 3.05) is 18.4 Å². The lowest BCUT2D eigenvalue weighted by Crippen LogP contribution is -2.41. The molecule has 34 heavy (non-hydrogen) atoms. The Bertz CT molecular complexity index is 1130. The number of carbonyl (C=O) groups excluding carboxylic acids is 2. The van der Waals surface area contributed by atoms with Gasteiger partial charge in [-0.3, -0.25) is 9.59 Å². The second kappa shape index (κ2) is 10.9. The van der Waals surface area contributed by atoms with Gasteiger partial charge in [-0.15, -0.1) is 0 Å². The van der Waals surface area contributed by atoms with Gasteiger partial charge in [-0.2, -0.15) is 5.10 Å². The Morgan fingerprint density at radius 2 is 1.71 bits per heavy atom. The van der Waals surface area contributed by atoms with Crippen LogP contribution in [0.5, 0.6) is 0 Å². The maximum absolute atomic E-state index is 13.1. The molecule has 0 saturated heterocycles. The van der Waals surface area contributed by atoms with Gasteiger partial charge >= 0.3 is 0 Å². The lowest BCUT2D eigenvalue weighted by Gasteiger charge is -2.27. The van der Waals surface area contributed by atoms with E-state index < -0.39 is 0 Å². The molecule has 1 N–H and O–H groups in total. The Kier molecular flexibility index (Phi) is 8.15. The zero-order valence-corrected chi connectivity index (χ0v) is 21.3. The first kappa shape index (κ1) is 25.5. The van der Waals surface area contributed by atoms with Crippen molar-refractivity contribution in [3.63, 3.8) is 0 Å². The van der Waals surface area contributed by atoms with Crippen molar-refractivity contribution in [1.82, 2.24) is 14.7 Å². The van der Waals surface area contributed by atoms with Gasteiger partial charge in [-0.1, -0.05) is 88.7 Å². The molecule has 1 heterocycles. The molecule has 3 aromatic rings. The van der Waals surface area contributed by atoms with Gasteiger partial charge < -0.3 is 10.2 Å². The first-order valence-corrected chi connectivity index (χ1v) is 11.9. The zero-order chi connectivity index (χ0) is 24.9. The number of benzene rings is 2. The SMILES string of the molecule is CC(C)CN(CC(=O)Nc1cc(-c2ccccc2)nn1-c1ccccc1Cl)C(=O)CC(C)(C)C. The quantitative estimate of drug-likeness (QED) is 0.426. The topological polar surface area (TPSA) is 67.2 Å². The monoisotopic (exact) mass is 480 g/mol. The van der Waals surface area contributed by atoms with Gasteiger partial charge in [-0.25, -0.2) is 4.68 Å². The van der Waals surface area contributed by atoms with Gasteiger partial charge in [0, 0.05) is 24.6 Å². The predicted molar refractivity (Wildman–Crippen MR) is 138 cm³/mol. The molecular weight excluding hydrogens is 448 g/mol. The number of amides is 2. The smallest absolute Gasteiger partial charge is 0.245 e. The van der Waals surface area contributed by atoms with E-state index >= 15 is 0 Å². The number of nitrogens with one attached hydrogen (secondary N) is 1. The molecule has 0 aliphatic carbocycles. The van der Waals surface area contributed by atoms with Crippen LogP contribution in [0.2, 0.25) is 5.02 Å². The third-order valence-electron chi connectivity index (χ3n) is 5.08. The molecule has 6 nitrogen and oxygen atoms in total. The van der Waals surface area contributed by atoms with Crippen LogP contribution in [0.1, 0.15) is 41.0 Å². The zero-order valence-electron chi connectivity index (χ0n) is 20.5. The van der Waals surface area contributed by atoms with E-state index in [0.717, 1.165) is 5.56 Å². The number of carbonyl (C=O) groups is 2. The maximum atomic E-state index is 13.1. The molecule has 0 fully saturated rings. The third kappa shape index (κ3) is 6.94. The van der Waals surface area contributed by atoms with Crippen molar-refractivity contribution in [2.45, 2.75) is 41.0 Å². The molecule has 0 bridgehead atoms. The maximum Gasteiger partial charge on any atom is 0.245 e. The fourth-order valence-electron chi connectivity index (χ4n) is 3.64. The third-order valence-corrected chi connectivity index (χ3v) is 5.40. The van der Waals surface area contributed by atoms with E-state index in [4.69, 9.17) is 16.7 Å². The number of aromatic nitrogens is 2. The van der Waals surface area contributed by atoms with E-state index in [2.05, 4.69) is 5.32 Å². The Hall–Kier alpha value is -3.12. The summed E-state index contributed by atoms with van der Waals surface area (Å²) in [6.45, 7) is 10.6. The van der Waals surface area contributed by atoms with Crippen molar-refractivity contribution >= 4 is 29.2 Å². The molecule has 0 saturated carbocycles. The highest BCUT2D eigenvalue weighted by Crippen LogP contribution is 2.28. The number of rotatable bonds is 8. The summed E-state index contributed by atoms with van der Waals surface area (Å²) in [4.78, 5) is 27.7. The number of nitrogens with zero attached hydrogens (tertiary/aromatic N) is 3. The largest absolute Gasteiger partial charge is 0.333 e. The summed E-state index contributed by atoms with van der Waals surface area (Å²) in [5.41, 5.74) is 2.13. The van der Waals surface area contributed by atoms with Gasteiger partial charge in [0.15, 0.2) is 0 Å². The highest BCUT2D eigenvalue weighted by Gasteiger charge is 2.24. The Balaban J connectivity index is 1.89. The van der Waals surface area contributed by atoms with E-state index in [1.165, 1.54) is 0 Å². The van der Waals surface area contributed by atoms with Crippen molar-refractivity contribution in [2.24, 2.45) is 11.3 Å². The number of hydrogen-bond donors (Lipinski definition) is 1. The molecule has 3 rings (SSSR count). The summed E-state index contributed by atoms with van der Waals surface area (Å²) in [6, 6.07) is 18.9. The van der Waals surface area contributed by atoms with Crippen LogP contribution in [0.3, 0.4) is 0 Å². The second-order valence-electron chi connectivity index (χ2n) is 10.1. The predicted octanol–water partition coefficient (Wildman–Crippen LogP) is 6.05. The summed E-state index contributed by atoms with van der Waals surface area (Å²) < 4.78 is 1.63. The minimum Gasteiger partial charge on any atom is -0.333 e. The van der Waals surface area contributed by atoms with Crippen LogP contribution in [0.4, 0.5) is 5.82 Å².